The Morgan fingerprint density at radius 3 is 2.50 bits per heavy atom. The lowest BCUT2D eigenvalue weighted by Crippen LogP contribution is -2.09. The topological polar surface area (TPSA) is 61.1 Å². The van der Waals surface area contributed by atoms with Gasteiger partial charge in [-0.25, -0.2) is 4.21 Å². The molecule has 2 atom stereocenters. The third kappa shape index (κ3) is 3.32. The van der Waals surface area contributed by atoms with E-state index in [0.29, 0.717) is 4.90 Å². The molecule has 0 saturated carbocycles. The maximum Gasteiger partial charge on any atom is 0.144 e. The van der Waals surface area contributed by atoms with Crippen LogP contribution in [0.4, 0.5) is 0 Å². The Morgan fingerprint density at radius 2 is 1.85 bits per heavy atom. The molecule has 2 aromatic rings. The van der Waals surface area contributed by atoms with Gasteiger partial charge >= 0.3 is 0 Å². The molecule has 0 aliphatic rings. The smallest absolute Gasteiger partial charge is 0.144 e. The van der Waals surface area contributed by atoms with Gasteiger partial charge in [-0.2, -0.15) is 5.26 Å². The van der Waals surface area contributed by atoms with Crippen molar-refractivity contribution in [3.05, 3.63) is 59.7 Å². The molecule has 0 fully saturated rings. The van der Waals surface area contributed by atoms with Gasteiger partial charge in [-0.3, -0.25) is 0 Å². The molecule has 0 spiro atoms. The summed E-state index contributed by atoms with van der Waals surface area (Å²) in [4.78, 5) is 1.36. The van der Waals surface area contributed by atoms with Crippen molar-refractivity contribution in [1.82, 2.24) is 0 Å². The quantitative estimate of drug-likeness (QED) is 0.878. The van der Waals surface area contributed by atoms with Gasteiger partial charge in [0.2, 0.25) is 0 Å². The molecule has 2 aromatic carbocycles. The van der Waals surface area contributed by atoms with E-state index in [4.69, 9.17) is 5.26 Å². The predicted molar refractivity (Wildman–Crippen MR) is 77.6 cm³/mol. The van der Waals surface area contributed by atoms with E-state index in [1.807, 2.05) is 43.3 Å². The number of rotatable bonds is 4. The second kappa shape index (κ2) is 6.47. The lowest BCUT2D eigenvalue weighted by molar-refractivity contribution is 0.230. The summed E-state index contributed by atoms with van der Waals surface area (Å²) in [6.45, 7) is 1.98. The molecule has 0 amide bonds. The lowest BCUT2D eigenvalue weighted by atomic mass is 10.1. The van der Waals surface area contributed by atoms with E-state index in [-0.39, 0.29) is 6.42 Å². The zero-order chi connectivity index (χ0) is 14.5. The summed E-state index contributed by atoms with van der Waals surface area (Å²) >= 11 is 0. The van der Waals surface area contributed by atoms with Crippen molar-refractivity contribution >= 4 is 10.8 Å². The largest absolute Gasteiger partial charge is 0.378 e. The minimum absolute atomic E-state index is 0.185. The maximum atomic E-state index is 12.6. The Labute approximate surface area is 121 Å². The molecule has 0 unspecified atom stereocenters. The summed E-state index contributed by atoms with van der Waals surface area (Å²) in [6, 6.07) is 16.5. The van der Waals surface area contributed by atoms with Crippen LogP contribution >= 0.6 is 0 Å². The van der Waals surface area contributed by atoms with Crippen LogP contribution in [0.1, 0.15) is 11.1 Å². The summed E-state index contributed by atoms with van der Waals surface area (Å²) in [6.07, 6.45) is -0.893. The van der Waals surface area contributed by atoms with Crippen molar-refractivity contribution in [3.8, 4) is 6.07 Å². The molecule has 0 aliphatic carbocycles. The van der Waals surface area contributed by atoms with Gasteiger partial charge in [-0.15, -0.1) is 0 Å². The zero-order valence-corrected chi connectivity index (χ0v) is 11.9. The van der Waals surface area contributed by atoms with Crippen molar-refractivity contribution in [2.45, 2.75) is 29.2 Å². The highest BCUT2D eigenvalue weighted by Gasteiger charge is 2.14. The Kier molecular flexibility index (Phi) is 4.67. The van der Waals surface area contributed by atoms with Gasteiger partial charge in [0.1, 0.15) is 6.10 Å². The SMILES string of the molecule is Cc1ccc([S@](=O)c2ccccc2C[C@H](O)C#N)cc1. The van der Waals surface area contributed by atoms with Gasteiger partial charge in [0.15, 0.2) is 0 Å². The van der Waals surface area contributed by atoms with Gasteiger partial charge < -0.3 is 5.11 Å². The molecule has 0 bridgehead atoms. The number of aliphatic hydroxyl groups is 1. The number of benzene rings is 2. The van der Waals surface area contributed by atoms with Crippen LogP contribution in [0.2, 0.25) is 0 Å². The molecule has 4 heteroatoms. The Bertz CT molecular complexity index is 659. The Balaban J connectivity index is 2.35. The van der Waals surface area contributed by atoms with Crippen LogP contribution < -0.4 is 0 Å². The van der Waals surface area contributed by atoms with Crippen LogP contribution in [-0.4, -0.2) is 15.4 Å². The molecule has 1 N–H and O–H groups in total. The van der Waals surface area contributed by atoms with Gasteiger partial charge in [-0.05, 0) is 30.7 Å². The van der Waals surface area contributed by atoms with Crippen LogP contribution in [0.5, 0.6) is 0 Å². The van der Waals surface area contributed by atoms with E-state index in [9.17, 15) is 9.32 Å². The van der Waals surface area contributed by atoms with Gasteiger partial charge in [0.25, 0.3) is 0 Å². The van der Waals surface area contributed by atoms with E-state index >= 15 is 0 Å². The van der Waals surface area contributed by atoms with Crippen molar-refractivity contribution in [3.63, 3.8) is 0 Å². The number of hydrogen-bond donors (Lipinski definition) is 1. The third-order valence-electron chi connectivity index (χ3n) is 2.97. The fourth-order valence-electron chi connectivity index (χ4n) is 1.90. The summed E-state index contributed by atoms with van der Waals surface area (Å²) in [7, 11) is -1.31. The van der Waals surface area contributed by atoms with Crippen molar-refractivity contribution in [1.29, 1.82) is 5.26 Å². The van der Waals surface area contributed by atoms with E-state index in [1.54, 1.807) is 18.2 Å². The molecule has 3 nitrogen and oxygen atoms in total. The molecule has 20 heavy (non-hydrogen) atoms. The number of aliphatic hydroxyl groups excluding tert-OH is 1. The molecular weight excluding hydrogens is 270 g/mol. The number of aryl methyl sites for hydroxylation is 1. The summed E-state index contributed by atoms with van der Waals surface area (Å²) in [5, 5.41) is 18.2. The molecule has 0 aliphatic heterocycles. The second-order valence-corrected chi connectivity index (χ2v) is 5.99. The van der Waals surface area contributed by atoms with Gasteiger partial charge in [0, 0.05) is 16.2 Å². The molecule has 2 rings (SSSR count). The summed E-state index contributed by atoms with van der Waals surface area (Å²) < 4.78 is 12.6. The standard InChI is InChI=1S/C16H15NO2S/c1-12-6-8-15(9-7-12)20(19)16-5-3-2-4-13(16)10-14(18)11-17/h2-9,14,18H,10H2,1H3/t14-,20-/m0/s1. The van der Waals surface area contributed by atoms with E-state index in [0.717, 1.165) is 16.0 Å². The lowest BCUT2D eigenvalue weighted by Gasteiger charge is -2.10. The first kappa shape index (κ1) is 14.4. The molecule has 0 heterocycles. The molecule has 0 saturated heterocycles. The fourth-order valence-corrected chi connectivity index (χ4v) is 3.12. The van der Waals surface area contributed by atoms with Crippen LogP contribution in [0, 0.1) is 18.3 Å². The molecular formula is C16H15NO2S. The maximum absolute atomic E-state index is 12.6. The first-order valence-electron chi connectivity index (χ1n) is 6.26. The monoisotopic (exact) mass is 285 g/mol. The van der Waals surface area contributed by atoms with E-state index < -0.39 is 16.9 Å². The van der Waals surface area contributed by atoms with Crippen LogP contribution in [0.25, 0.3) is 0 Å². The first-order chi connectivity index (χ1) is 9.61. The number of nitrogens with zero attached hydrogens (tertiary/aromatic N) is 1. The average Bonchev–Trinajstić information content (AvgIpc) is 2.48. The Hall–Kier alpha value is -1.96. The zero-order valence-electron chi connectivity index (χ0n) is 11.1. The summed E-state index contributed by atoms with van der Waals surface area (Å²) in [5.74, 6) is 0. The highest BCUT2D eigenvalue weighted by molar-refractivity contribution is 7.85. The minimum atomic E-state index is -1.31. The second-order valence-electron chi connectivity index (χ2n) is 4.54. The highest BCUT2D eigenvalue weighted by Crippen LogP contribution is 2.21. The van der Waals surface area contributed by atoms with E-state index in [2.05, 4.69) is 0 Å². The van der Waals surface area contributed by atoms with Gasteiger partial charge in [-0.1, -0.05) is 35.9 Å². The van der Waals surface area contributed by atoms with Crippen molar-refractivity contribution in [2.75, 3.05) is 0 Å². The summed E-state index contributed by atoms with van der Waals surface area (Å²) in [5.41, 5.74) is 1.85. The molecule has 0 radical (unpaired) electrons. The molecule has 0 aromatic heterocycles. The normalized spacial score (nSPS) is 13.4. The number of nitriles is 1. The first-order valence-corrected chi connectivity index (χ1v) is 7.41. The molecule has 102 valence electrons. The van der Waals surface area contributed by atoms with E-state index in [1.165, 1.54) is 0 Å². The Morgan fingerprint density at radius 1 is 1.20 bits per heavy atom. The third-order valence-corrected chi connectivity index (χ3v) is 4.47. The number of hydrogen-bond acceptors (Lipinski definition) is 3. The van der Waals surface area contributed by atoms with Crippen molar-refractivity contribution in [2.24, 2.45) is 0 Å². The predicted octanol–water partition coefficient (Wildman–Crippen LogP) is 2.59. The van der Waals surface area contributed by atoms with Crippen LogP contribution in [0.15, 0.2) is 58.3 Å². The van der Waals surface area contributed by atoms with Gasteiger partial charge in [0.05, 0.1) is 16.9 Å². The fraction of sp³-hybridized carbons (Fsp3) is 0.188. The highest BCUT2D eigenvalue weighted by atomic mass is 32.2. The minimum Gasteiger partial charge on any atom is -0.378 e. The van der Waals surface area contributed by atoms with Crippen LogP contribution in [0.3, 0.4) is 0 Å². The van der Waals surface area contributed by atoms with Crippen molar-refractivity contribution < 1.29 is 9.32 Å². The average molecular weight is 285 g/mol. The van der Waals surface area contributed by atoms with Crippen LogP contribution in [-0.2, 0) is 17.2 Å².